The number of likely N-dealkylation sites (tertiary alicyclic amines) is 2. The summed E-state index contributed by atoms with van der Waals surface area (Å²) in [4.78, 5) is 54.0. The summed E-state index contributed by atoms with van der Waals surface area (Å²) in [5, 5.41) is 32.1. The van der Waals surface area contributed by atoms with Gasteiger partial charge in [-0.3, -0.25) is 19.2 Å². The van der Waals surface area contributed by atoms with Gasteiger partial charge in [0.05, 0.1) is 27.6 Å². The van der Waals surface area contributed by atoms with Crippen LogP contribution in [0.25, 0.3) is 22.2 Å². The van der Waals surface area contributed by atoms with Crippen molar-refractivity contribution in [2.45, 2.75) is 111 Å². The first-order valence-corrected chi connectivity index (χ1v) is 29.4. The molecule has 5 aromatic rings. The summed E-state index contributed by atoms with van der Waals surface area (Å²) >= 11 is 15.4. The number of carboxylic acids is 2. The van der Waals surface area contributed by atoms with Crippen LogP contribution in [0.1, 0.15) is 117 Å². The molecule has 0 aliphatic carbocycles. The maximum absolute atomic E-state index is 11.2. The number of aliphatic imine (C=N–C) groups is 1. The van der Waals surface area contributed by atoms with Crippen molar-refractivity contribution in [2.24, 2.45) is 50.6 Å². The highest BCUT2D eigenvalue weighted by Crippen LogP contribution is 2.36. The monoisotopic (exact) mass is 1160 g/mol. The van der Waals surface area contributed by atoms with Crippen LogP contribution < -0.4 is 33.8 Å². The van der Waals surface area contributed by atoms with Crippen LogP contribution in [0.15, 0.2) is 86.8 Å². The summed E-state index contributed by atoms with van der Waals surface area (Å²) < 4.78 is 26.6. The topological polar surface area (TPSA) is 344 Å². The minimum atomic E-state index is -3.56. The molecule has 2 aromatic carbocycles. The molecule has 2 saturated heterocycles. The van der Waals surface area contributed by atoms with Gasteiger partial charge in [0.2, 0.25) is 21.8 Å². The number of sulfonamides is 1. The number of guanidine groups is 1. The van der Waals surface area contributed by atoms with Crippen molar-refractivity contribution in [3.05, 3.63) is 119 Å². The number of hydrogen-bond donors (Lipinski definition) is 8. The van der Waals surface area contributed by atoms with Crippen molar-refractivity contribution >= 4 is 108 Å². The Morgan fingerprint density at radius 2 is 1.52 bits per heavy atom. The van der Waals surface area contributed by atoms with Crippen molar-refractivity contribution in [2.75, 3.05) is 26.2 Å². The molecule has 24 heteroatoms. The Kier molecular flexibility index (Phi) is 27.7. The normalized spacial score (nSPS) is 15.0. The van der Waals surface area contributed by atoms with Crippen LogP contribution >= 0.6 is 45.9 Å². The lowest BCUT2D eigenvalue weighted by Gasteiger charge is -2.30. The largest absolute Gasteiger partial charge is 0.481 e. The first-order chi connectivity index (χ1) is 36.4. The van der Waals surface area contributed by atoms with Gasteiger partial charge in [-0.2, -0.15) is 4.99 Å². The summed E-state index contributed by atoms with van der Waals surface area (Å²) in [5.74, 6) is -2.42. The molecular formula is C53H74Cl2N10O9S3. The van der Waals surface area contributed by atoms with Gasteiger partial charge in [0, 0.05) is 52.3 Å². The Bertz CT molecular complexity index is 2890. The first kappa shape index (κ1) is 65.3. The Morgan fingerprint density at radius 1 is 0.896 bits per heavy atom. The number of amides is 2. The fourth-order valence-electron chi connectivity index (χ4n) is 8.38. The van der Waals surface area contributed by atoms with Gasteiger partial charge in [-0.05, 0) is 118 Å². The SMILES string of the molecule is CCCC(CCC)C(=O)O.CC[C@@H](C(N)=O)N1CCCC1=O.Cc1ccsc1C(=CCCN1CCC[C@@H](C(=O)O)C1)c1sccc1C.NC(N)=N/C(N)=C(\N)c1cccc(Cl)c1Cl.NS(=O)(=O)Cc1noc2ccccc12. The van der Waals surface area contributed by atoms with Crippen LogP contribution in [0.5, 0.6) is 0 Å². The smallest absolute Gasteiger partial charge is 0.307 e. The number of fused-ring (bicyclic) bond motifs is 1. The molecular weight excluding hydrogens is 1090 g/mol. The van der Waals surface area contributed by atoms with E-state index in [1.54, 1.807) is 70.0 Å². The summed E-state index contributed by atoms with van der Waals surface area (Å²) in [5.41, 5.74) is 32.4. The molecule has 77 heavy (non-hydrogen) atoms. The molecule has 0 spiro atoms. The molecule has 422 valence electrons. The van der Waals surface area contributed by atoms with E-state index in [-0.39, 0.29) is 47.0 Å². The molecule has 3 aromatic heterocycles. The van der Waals surface area contributed by atoms with Gasteiger partial charge in [0.25, 0.3) is 0 Å². The highest BCUT2D eigenvalue weighted by molar-refractivity contribution is 7.88. The zero-order valence-electron chi connectivity index (χ0n) is 44.3. The second-order valence-corrected chi connectivity index (χ2v) is 22.5. The van der Waals surface area contributed by atoms with Gasteiger partial charge in [-0.1, -0.05) is 92.3 Å². The van der Waals surface area contributed by atoms with E-state index in [1.165, 1.54) is 26.5 Å². The predicted octanol–water partition coefficient (Wildman–Crippen LogP) is 8.63. The Balaban J connectivity index is 0.000000264. The number of aromatic nitrogens is 1. The average molecular weight is 1160 g/mol. The number of piperidine rings is 1. The quantitative estimate of drug-likeness (QED) is 0.0301. The number of benzene rings is 2. The Morgan fingerprint density at radius 3 is 2.01 bits per heavy atom. The van der Waals surface area contributed by atoms with E-state index in [2.05, 4.69) is 57.9 Å². The minimum absolute atomic E-state index is 0.0100. The lowest BCUT2D eigenvalue weighted by Crippen LogP contribution is -2.44. The number of nitrogens with two attached hydrogens (primary N) is 6. The van der Waals surface area contributed by atoms with E-state index < -0.39 is 27.9 Å². The molecule has 0 unspecified atom stereocenters. The first-order valence-electron chi connectivity index (χ1n) is 25.1. The van der Waals surface area contributed by atoms with Gasteiger partial charge in [-0.25, -0.2) is 13.6 Å². The lowest BCUT2D eigenvalue weighted by molar-refractivity contribution is -0.144. The number of aryl methyl sites for hydroxylation is 2. The van der Waals surface area contributed by atoms with Crippen molar-refractivity contribution in [1.29, 1.82) is 0 Å². The number of halogens is 2. The number of para-hydroxylation sites is 1. The van der Waals surface area contributed by atoms with Crippen LogP contribution in [0.3, 0.4) is 0 Å². The molecule has 0 bridgehead atoms. The molecule has 0 radical (unpaired) electrons. The van der Waals surface area contributed by atoms with Crippen LogP contribution in [0, 0.1) is 25.7 Å². The third kappa shape index (κ3) is 21.4. The van der Waals surface area contributed by atoms with Gasteiger partial charge in [0.1, 0.15) is 17.5 Å². The number of thiophene rings is 2. The van der Waals surface area contributed by atoms with E-state index in [0.29, 0.717) is 58.2 Å². The van der Waals surface area contributed by atoms with E-state index in [1.807, 2.05) is 20.8 Å². The standard InChI is InChI=1S/C20H25NO2S2.C9H11Cl2N5.C8H8N2O3S.C8H14N2O2.C8H16O2/c1-14-7-11-24-18(14)17(19-15(2)8-12-25-19)6-4-10-21-9-3-5-16(13-21)20(22)23;10-5-3-1-2-4(6(5)11)7(12)8(13)16-9(14)15;9-14(11,12)5-7-6-3-1-2-4-8(6)13-10-7;1-2-6(8(9)12)10-5-3-4-7(10)11;1-3-5-7(6-4-2)8(9)10/h6-8,11-12,16H,3-5,9-10,13H2,1-2H3,(H,22,23);1-3H,12-13H2,(H4,14,15,16);1-4H,5H2,(H2,9,11,12);6H,2-5H2,1H3,(H2,9,12);7H,3-6H2,1-2H3,(H,9,10)/b;8-7-;;;/t16-;;;6-;/m1..0./s1. The number of carbonyl (C=O) groups excluding carboxylic acids is 2. The van der Waals surface area contributed by atoms with Crippen molar-refractivity contribution in [1.82, 2.24) is 15.0 Å². The second kappa shape index (κ2) is 32.7. The zero-order chi connectivity index (χ0) is 57.4. The fourth-order valence-corrected chi connectivity index (χ4v) is 11.4. The van der Waals surface area contributed by atoms with E-state index >= 15 is 0 Å². The van der Waals surface area contributed by atoms with Gasteiger partial charge in [0.15, 0.2) is 17.4 Å². The molecule has 7 rings (SSSR count). The van der Waals surface area contributed by atoms with Crippen molar-refractivity contribution in [3.63, 3.8) is 0 Å². The lowest BCUT2D eigenvalue weighted by atomic mass is 9.98. The molecule has 2 atom stereocenters. The predicted molar refractivity (Wildman–Crippen MR) is 310 cm³/mol. The van der Waals surface area contributed by atoms with Gasteiger partial charge >= 0.3 is 11.9 Å². The molecule has 14 N–H and O–H groups in total. The van der Waals surface area contributed by atoms with Crippen LogP contribution in [0.4, 0.5) is 0 Å². The highest BCUT2D eigenvalue weighted by atomic mass is 35.5. The van der Waals surface area contributed by atoms with E-state index in [4.69, 9.17) is 66.6 Å². The van der Waals surface area contributed by atoms with Crippen molar-refractivity contribution < 1.29 is 42.3 Å². The summed E-state index contributed by atoms with van der Waals surface area (Å²) in [6, 6.07) is 16.0. The van der Waals surface area contributed by atoms with Crippen molar-refractivity contribution in [3.8, 4) is 0 Å². The summed E-state index contributed by atoms with van der Waals surface area (Å²) in [6.07, 6.45) is 10.7. The molecule has 2 aliphatic heterocycles. The van der Waals surface area contributed by atoms with Crippen LogP contribution in [-0.4, -0.2) is 95.5 Å². The minimum Gasteiger partial charge on any atom is -0.481 e. The molecule has 2 fully saturated rings. The van der Waals surface area contributed by atoms with Crippen LogP contribution in [0.2, 0.25) is 10.0 Å². The second-order valence-electron chi connectivity index (χ2n) is 18.2. The average Bonchev–Trinajstić information content (AvgIpc) is 4.20. The van der Waals surface area contributed by atoms with Gasteiger partial charge < -0.3 is 53.2 Å². The summed E-state index contributed by atoms with van der Waals surface area (Å²) in [6.45, 7) is 13.6. The van der Waals surface area contributed by atoms with E-state index in [0.717, 1.165) is 64.5 Å². The summed E-state index contributed by atoms with van der Waals surface area (Å²) in [7, 11) is -3.56. The number of primary sulfonamides is 1. The zero-order valence-corrected chi connectivity index (χ0v) is 48.2. The molecule has 2 aliphatic rings. The number of carboxylic acid groups (broad SMARTS) is 2. The van der Waals surface area contributed by atoms with Crippen LogP contribution in [-0.2, 0) is 35.0 Å². The molecule has 2 amide bonds. The number of primary amides is 1. The molecule has 0 saturated carbocycles. The number of nitrogens with zero attached hydrogens (tertiary/aromatic N) is 4. The third-order valence-corrected chi connectivity index (χ3v) is 15.8. The number of carbonyl (C=O) groups is 4. The maximum atomic E-state index is 11.2. The Labute approximate surface area is 469 Å². The number of rotatable bonds is 18. The highest BCUT2D eigenvalue weighted by Gasteiger charge is 2.30. The van der Waals surface area contributed by atoms with E-state index in [9.17, 15) is 32.7 Å². The molecule has 5 heterocycles. The third-order valence-electron chi connectivity index (χ3n) is 12.2. The number of hydrogen-bond acceptors (Lipinski definition) is 14. The Hall–Kier alpha value is -6.01. The fraction of sp³-hybridized carbons (Fsp3) is 0.434. The maximum Gasteiger partial charge on any atom is 0.307 e. The number of aliphatic carboxylic acids is 2. The van der Waals surface area contributed by atoms with Gasteiger partial charge in [-0.15, -0.1) is 22.7 Å². The molecule has 19 nitrogen and oxygen atoms in total.